The molecule has 0 unspecified atom stereocenters. The largest absolute Gasteiger partial charge is 0.310 e. The zero-order chi connectivity index (χ0) is 46.1. The van der Waals surface area contributed by atoms with Gasteiger partial charge in [-0.25, -0.2) is 0 Å². The Kier molecular flexibility index (Phi) is 11.4. The molecule has 0 N–H and O–H groups in total. The van der Waals surface area contributed by atoms with Gasteiger partial charge in [-0.2, -0.15) is 0 Å². The molecule has 0 aromatic heterocycles. The number of fused-ring (bicyclic) bond motifs is 4. The Bertz CT molecular complexity index is 3730. The van der Waals surface area contributed by atoms with E-state index in [0.717, 1.165) is 28.2 Å². The van der Waals surface area contributed by atoms with E-state index in [1.165, 1.54) is 98.1 Å². The average molecular weight is 888 g/mol. The van der Waals surface area contributed by atoms with Gasteiger partial charge >= 0.3 is 0 Å². The van der Waals surface area contributed by atoms with Crippen LogP contribution in [0.15, 0.2) is 255 Å². The Morgan fingerprint density at radius 2 is 0.868 bits per heavy atom. The predicted octanol–water partition coefficient (Wildman–Crippen LogP) is 19.2. The second kappa shape index (κ2) is 18.2. The standard InChI is InChI=1S/C66H49NS/c1-5-11-45(6-2)48-29-31-57(32-30-48)67(58-33-36-60(68-4)37-34-58)59-35-39-62-64(43-59)66(52-25-19-50(20-26-52)56-28-22-47-13-8-10-15-54(47)42-56)61-38-16-44(3)40-63(61)65(62)51-23-17-49(18-24-51)55-27-21-46-12-7-9-14-53(46)41-55/h5-43H,1-2H2,3-4H3/b45-11+. The number of hydrogen-bond donors (Lipinski definition) is 0. The lowest BCUT2D eigenvalue weighted by Gasteiger charge is -2.27. The molecule has 11 rings (SSSR count). The van der Waals surface area contributed by atoms with Crippen LogP contribution < -0.4 is 4.90 Å². The molecule has 0 spiro atoms. The molecule has 0 fully saturated rings. The smallest absolute Gasteiger partial charge is 0.0468 e. The van der Waals surface area contributed by atoms with Gasteiger partial charge in [0, 0.05) is 22.0 Å². The van der Waals surface area contributed by atoms with E-state index in [1.54, 1.807) is 11.8 Å². The Morgan fingerprint density at radius 3 is 1.38 bits per heavy atom. The van der Waals surface area contributed by atoms with Crippen molar-refractivity contribution in [2.45, 2.75) is 11.8 Å². The average Bonchev–Trinajstić information content (AvgIpc) is 3.40. The minimum Gasteiger partial charge on any atom is -0.310 e. The predicted molar refractivity (Wildman–Crippen MR) is 298 cm³/mol. The van der Waals surface area contributed by atoms with Crippen molar-refractivity contribution in [1.29, 1.82) is 0 Å². The van der Waals surface area contributed by atoms with Gasteiger partial charge in [0.05, 0.1) is 0 Å². The highest BCUT2D eigenvalue weighted by Gasteiger charge is 2.21. The molecule has 0 heterocycles. The molecule has 0 atom stereocenters. The minimum atomic E-state index is 1.03. The van der Waals surface area contributed by atoms with Gasteiger partial charge in [-0.05, 0) is 173 Å². The maximum atomic E-state index is 4.07. The van der Waals surface area contributed by atoms with E-state index in [2.05, 4.69) is 250 Å². The summed E-state index contributed by atoms with van der Waals surface area (Å²) in [5.74, 6) is 0. The summed E-state index contributed by atoms with van der Waals surface area (Å²) in [6.45, 7) is 10.2. The molecular formula is C66H49NS. The van der Waals surface area contributed by atoms with Crippen LogP contribution in [0.2, 0.25) is 0 Å². The van der Waals surface area contributed by atoms with Crippen molar-refractivity contribution in [2.24, 2.45) is 0 Å². The van der Waals surface area contributed by atoms with Crippen LogP contribution in [0.4, 0.5) is 17.1 Å². The highest BCUT2D eigenvalue weighted by atomic mass is 32.2. The van der Waals surface area contributed by atoms with Gasteiger partial charge in [-0.1, -0.05) is 195 Å². The van der Waals surface area contributed by atoms with E-state index >= 15 is 0 Å². The summed E-state index contributed by atoms with van der Waals surface area (Å²) in [6.07, 6.45) is 7.82. The molecule has 11 aromatic rings. The maximum Gasteiger partial charge on any atom is 0.0468 e. The zero-order valence-corrected chi connectivity index (χ0v) is 39.1. The maximum absolute atomic E-state index is 4.07. The Hall–Kier alpha value is -8.17. The quantitative estimate of drug-likeness (QED) is 0.0723. The molecule has 324 valence electrons. The molecule has 0 aliphatic rings. The molecule has 2 heteroatoms. The first-order valence-corrected chi connectivity index (χ1v) is 24.4. The lowest BCUT2D eigenvalue weighted by Crippen LogP contribution is -2.10. The van der Waals surface area contributed by atoms with E-state index in [1.807, 2.05) is 18.2 Å². The summed E-state index contributed by atoms with van der Waals surface area (Å²) in [6, 6.07) is 80.7. The minimum absolute atomic E-state index is 1.03. The van der Waals surface area contributed by atoms with Gasteiger partial charge in [0.15, 0.2) is 0 Å². The van der Waals surface area contributed by atoms with Crippen molar-refractivity contribution in [2.75, 3.05) is 11.2 Å². The fraction of sp³-hybridized carbons (Fsp3) is 0.0303. The van der Waals surface area contributed by atoms with Crippen molar-refractivity contribution < 1.29 is 0 Å². The molecule has 0 amide bonds. The Balaban J connectivity index is 1.13. The number of benzene rings is 11. The molecule has 0 aliphatic heterocycles. The number of anilines is 3. The van der Waals surface area contributed by atoms with Gasteiger partial charge in [0.2, 0.25) is 0 Å². The summed E-state index contributed by atoms with van der Waals surface area (Å²) in [4.78, 5) is 3.60. The van der Waals surface area contributed by atoms with E-state index in [0.29, 0.717) is 0 Å². The lowest BCUT2D eigenvalue weighted by atomic mass is 9.84. The third kappa shape index (κ3) is 8.00. The van der Waals surface area contributed by atoms with Crippen molar-refractivity contribution >= 4 is 77.5 Å². The third-order valence-corrected chi connectivity index (χ3v) is 14.1. The van der Waals surface area contributed by atoms with Crippen LogP contribution in [0.3, 0.4) is 0 Å². The number of aryl methyl sites for hydroxylation is 1. The molecule has 68 heavy (non-hydrogen) atoms. The van der Waals surface area contributed by atoms with Crippen LogP contribution in [0.25, 0.3) is 93.2 Å². The first kappa shape index (κ1) is 42.5. The highest BCUT2D eigenvalue weighted by molar-refractivity contribution is 7.98. The zero-order valence-electron chi connectivity index (χ0n) is 38.3. The molecule has 0 bridgehead atoms. The lowest BCUT2D eigenvalue weighted by molar-refractivity contribution is 1.27. The van der Waals surface area contributed by atoms with Crippen molar-refractivity contribution in [3.63, 3.8) is 0 Å². The van der Waals surface area contributed by atoms with Gasteiger partial charge in [-0.15, -0.1) is 11.8 Å². The normalized spacial score (nSPS) is 11.6. The van der Waals surface area contributed by atoms with Crippen LogP contribution in [0, 0.1) is 6.92 Å². The first-order valence-electron chi connectivity index (χ1n) is 23.2. The van der Waals surface area contributed by atoms with Crippen LogP contribution in [0.5, 0.6) is 0 Å². The van der Waals surface area contributed by atoms with Gasteiger partial charge in [0.1, 0.15) is 0 Å². The molecule has 0 saturated heterocycles. The number of allylic oxidation sites excluding steroid dienone is 4. The van der Waals surface area contributed by atoms with Crippen molar-refractivity contribution in [1.82, 2.24) is 0 Å². The van der Waals surface area contributed by atoms with E-state index < -0.39 is 0 Å². The monoisotopic (exact) mass is 887 g/mol. The van der Waals surface area contributed by atoms with Crippen LogP contribution in [-0.2, 0) is 0 Å². The molecule has 1 nitrogen and oxygen atoms in total. The topological polar surface area (TPSA) is 3.24 Å². The van der Waals surface area contributed by atoms with Gasteiger partial charge in [-0.3, -0.25) is 0 Å². The second-order valence-electron chi connectivity index (χ2n) is 17.4. The van der Waals surface area contributed by atoms with Gasteiger partial charge < -0.3 is 4.90 Å². The molecule has 0 radical (unpaired) electrons. The van der Waals surface area contributed by atoms with E-state index in [-0.39, 0.29) is 0 Å². The second-order valence-corrected chi connectivity index (χ2v) is 18.3. The summed E-state index contributed by atoms with van der Waals surface area (Å²) < 4.78 is 0. The Labute approximate surface area is 403 Å². The van der Waals surface area contributed by atoms with E-state index in [4.69, 9.17) is 0 Å². The fourth-order valence-electron chi connectivity index (χ4n) is 9.88. The molecule has 0 saturated carbocycles. The van der Waals surface area contributed by atoms with Crippen LogP contribution in [-0.4, -0.2) is 6.26 Å². The first-order chi connectivity index (χ1) is 33.5. The Morgan fingerprint density at radius 1 is 0.412 bits per heavy atom. The SMILES string of the molecule is C=C/C=C(\C=C)c1ccc(N(c2ccc(SC)cc2)c2ccc3c(-c4ccc(-c5ccc6ccccc6c5)cc4)c4cc(C)ccc4c(-c4ccc(-c5ccc6ccccc6c5)cc4)c3c2)cc1. The van der Waals surface area contributed by atoms with Crippen molar-refractivity contribution in [3.8, 4) is 44.5 Å². The third-order valence-electron chi connectivity index (χ3n) is 13.3. The van der Waals surface area contributed by atoms with Gasteiger partial charge in [0.25, 0.3) is 0 Å². The summed E-state index contributed by atoms with van der Waals surface area (Å²) >= 11 is 1.75. The molecule has 11 aromatic carbocycles. The summed E-state index contributed by atoms with van der Waals surface area (Å²) in [7, 11) is 0. The number of thioether (sulfide) groups is 1. The van der Waals surface area contributed by atoms with Crippen LogP contribution >= 0.6 is 11.8 Å². The number of hydrogen-bond acceptors (Lipinski definition) is 2. The molecular weight excluding hydrogens is 839 g/mol. The highest BCUT2D eigenvalue weighted by Crippen LogP contribution is 2.47. The van der Waals surface area contributed by atoms with E-state index in [9.17, 15) is 0 Å². The van der Waals surface area contributed by atoms with Crippen LogP contribution in [0.1, 0.15) is 11.1 Å². The number of rotatable bonds is 11. The van der Waals surface area contributed by atoms with Crippen molar-refractivity contribution in [3.05, 3.63) is 261 Å². The summed E-state index contributed by atoms with van der Waals surface area (Å²) in [5, 5.41) is 9.84. The summed E-state index contributed by atoms with van der Waals surface area (Å²) in [5.41, 5.74) is 16.2. The molecule has 0 aliphatic carbocycles. The number of nitrogens with zero attached hydrogens (tertiary/aromatic N) is 1. The fourth-order valence-corrected chi connectivity index (χ4v) is 10.3.